The van der Waals surface area contributed by atoms with Crippen LogP contribution in [0.4, 0.5) is 5.82 Å². The number of esters is 1. The lowest BCUT2D eigenvalue weighted by molar-refractivity contribution is 0.0488. The number of furan rings is 1. The number of nitrogens with one attached hydrogen (secondary N) is 1. The highest BCUT2D eigenvalue weighted by Gasteiger charge is 2.12. The number of carbonyl (C=O) groups excluding carboxylic acids is 1. The molecular weight excluding hydrogens is 282 g/mol. The van der Waals surface area contributed by atoms with Crippen molar-refractivity contribution < 1.29 is 13.9 Å². The summed E-state index contributed by atoms with van der Waals surface area (Å²) in [5.74, 6) is 0.785. The summed E-state index contributed by atoms with van der Waals surface area (Å²) in [6.45, 7) is 2.01. The first-order chi connectivity index (χ1) is 9.58. The Balaban J connectivity index is 2.00. The van der Waals surface area contributed by atoms with E-state index in [1.165, 1.54) is 17.8 Å². The molecule has 0 aliphatic heterocycles. The molecule has 0 saturated heterocycles. The highest BCUT2D eigenvalue weighted by molar-refractivity contribution is 7.98. The zero-order valence-corrected chi connectivity index (χ0v) is 11.5. The number of thioether (sulfide) groups is 1. The fraction of sp³-hybridized carbons (Fsp3) is 0.250. The number of anilines is 1. The van der Waals surface area contributed by atoms with Gasteiger partial charge in [0, 0.05) is 6.07 Å². The predicted octanol–water partition coefficient (Wildman–Crippen LogP) is 1.41. The van der Waals surface area contributed by atoms with Crippen LogP contribution >= 0.6 is 11.8 Å². The highest BCUT2D eigenvalue weighted by Crippen LogP contribution is 2.20. The monoisotopic (exact) mass is 295 g/mol. The average molecular weight is 295 g/mol. The average Bonchev–Trinajstić information content (AvgIpc) is 2.84. The zero-order valence-electron chi connectivity index (χ0n) is 10.7. The predicted molar refractivity (Wildman–Crippen MR) is 73.5 cm³/mol. The standard InChI is InChI=1S/C12H13N3O4S/c1-2-18-11(17)8-4-3-7(19-8)6-20-12-14-9(13)5-10(16)15-12/h3-5H,2,6H2,1H3,(H3,13,14,15,16). The van der Waals surface area contributed by atoms with Crippen LogP contribution in [0.2, 0.25) is 0 Å². The number of nitrogen functional groups attached to an aromatic ring is 1. The summed E-state index contributed by atoms with van der Waals surface area (Å²) < 4.78 is 10.2. The lowest BCUT2D eigenvalue weighted by atomic mass is 10.4. The number of carbonyl (C=O) groups is 1. The molecule has 0 aromatic carbocycles. The summed E-state index contributed by atoms with van der Waals surface area (Å²) in [5, 5.41) is 0.393. The second kappa shape index (κ2) is 6.29. The number of rotatable bonds is 5. The minimum Gasteiger partial charge on any atom is -0.460 e. The van der Waals surface area contributed by atoms with Crippen LogP contribution < -0.4 is 11.3 Å². The van der Waals surface area contributed by atoms with E-state index >= 15 is 0 Å². The van der Waals surface area contributed by atoms with Gasteiger partial charge >= 0.3 is 5.97 Å². The summed E-state index contributed by atoms with van der Waals surface area (Å²) in [7, 11) is 0. The Labute approximate surface area is 118 Å². The van der Waals surface area contributed by atoms with Gasteiger partial charge in [0.1, 0.15) is 11.6 Å². The number of hydrogen-bond donors (Lipinski definition) is 2. The van der Waals surface area contributed by atoms with Crippen LogP contribution in [-0.2, 0) is 10.5 Å². The van der Waals surface area contributed by atoms with Crippen LogP contribution in [0.25, 0.3) is 0 Å². The van der Waals surface area contributed by atoms with Gasteiger partial charge in [-0.1, -0.05) is 11.8 Å². The van der Waals surface area contributed by atoms with Crippen LogP contribution in [-0.4, -0.2) is 22.5 Å². The maximum absolute atomic E-state index is 11.4. The molecule has 2 aromatic rings. The van der Waals surface area contributed by atoms with E-state index in [0.29, 0.717) is 16.7 Å². The topological polar surface area (TPSA) is 111 Å². The van der Waals surface area contributed by atoms with Crippen LogP contribution in [0.5, 0.6) is 0 Å². The molecule has 0 fully saturated rings. The van der Waals surface area contributed by atoms with E-state index < -0.39 is 5.97 Å². The number of aromatic nitrogens is 2. The number of hydrogen-bond acceptors (Lipinski definition) is 7. The Bertz CT molecular complexity index is 665. The highest BCUT2D eigenvalue weighted by atomic mass is 32.2. The zero-order chi connectivity index (χ0) is 14.5. The maximum atomic E-state index is 11.4. The molecule has 0 amide bonds. The SMILES string of the molecule is CCOC(=O)c1ccc(CSc2nc(N)cc(=O)[nH]2)o1. The lowest BCUT2D eigenvalue weighted by Crippen LogP contribution is -2.09. The summed E-state index contributed by atoms with van der Waals surface area (Å²) >= 11 is 1.25. The first-order valence-electron chi connectivity index (χ1n) is 5.84. The van der Waals surface area contributed by atoms with Crippen molar-refractivity contribution in [3.05, 3.63) is 40.1 Å². The Morgan fingerprint density at radius 1 is 1.55 bits per heavy atom. The third kappa shape index (κ3) is 3.64. The molecule has 0 atom stereocenters. The minimum atomic E-state index is -0.501. The van der Waals surface area contributed by atoms with Gasteiger partial charge in [-0.05, 0) is 19.1 Å². The number of aromatic amines is 1. The molecule has 2 aromatic heterocycles. The summed E-state index contributed by atoms with van der Waals surface area (Å²) in [5.41, 5.74) is 5.16. The van der Waals surface area contributed by atoms with Crippen molar-refractivity contribution in [3.8, 4) is 0 Å². The van der Waals surface area contributed by atoms with Gasteiger partial charge in [-0.2, -0.15) is 0 Å². The van der Waals surface area contributed by atoms with Gasteiger partial charge in [-0.3, -0.25) is 4.79 Å². The molecule has 7 nitrogen and oxygen atoms in total. The Kier molecular flexibility index (Phi) is 4.46. The molecule has 0 saturated carbocycles. The van der Waals surface area contributed by atoms with Crippen LogP contribution in [0.3, 0.4) is 0 Å². The summed E-state index contributed by atoms with van der Waals surface area (Å²) in [4.78, 5) is 29.2. The van der Waals surface area contributed by atoms with Crippen molar-refractivity contribution in [3.63, 3.8) is 0 Å². The molecule has 2 rings (SSSR count). The van der Waals surface area contributed by atoms with Crippen LogP contribution in [0, 0.1) is 0 Å². The van der Waals surface area contributed by atoms with Crippen LogP contribution in [0.1, 0.15) is 23.2 Å². The third-order valence-corrected chi connectivity index (χ3v) is 3.12. The van der Waals surface area contributed by atoms with E-state index in [1.54, 1.807) is 19.1 Å². The van der Waals surface area contributed by atoms with E-state index in [4.69, 9.17) is 14.9 Å². The fourth-order valence-electron chi connectivity index (χ4n) is 1.43. The second-order valence-corrected chi connectivity index (χ2v) is 4.71. The third-order valence-electron chi connectivity index (χ3n) is 2.23. The van der Waals surface area contributed by atoms with Gasteiger partial charge < -0.3 is 19.9 Å². The molecule has 2 heterocycles. The van der Waals surface area contributed by atoms with Crippen molar-refractivity contribution in [1.82, 2.24) is 9.97 Å². The lowest BCUT2D eigenvalue weighted by Gasteiger charge is -2.00. The molecule has 0 aliphatic rings. The Morgan fingerprint density at radius 3 is 3.05 bits per heavy atom. The molecule has 0 spiro atoms. The molecule has 20 heavy (non-hydrogen) atoms. The molecule has 0 unspecified atom stereocenters. The molecule has 0 aliphatic carbocycles. The summed E-state index contributed by atoms with van der Waals surface area (Å²) in [6.07, 6.45) is 0. The normalized spacial score (nSPS) is 10.4. The van der Waals surface area contributed by atoms with Gasteiger partial charge in [0.2, 0.25) is 5.76 Å². The van der Waals surface area contributed by atoms with Crippen molar-refractivity contribution in [2.24, 2.45) is 0 Å². The first-order valence-corrected chi connectivity index (χ1v) is 6.82. The van der Waals surface area contributed by atoms with Gasteiger partial charge in [0.15, 0.2) is 5.16 Å². The maximum Gasteiger partial charge on any atom is 0.374 e. The smallest absolute Gasteiger partial charge is 0.374 e. The quantitative estimate of drug-likeness (QED) is 0.487. The largest absolute Gasteiger partial charge is 0.460 e. The summed E-state index contributed by atoms with van der Waals surface area (Å²) in [6, 6.07) is 4.42. The van der Waals surface area contributed by atoms with Crippen molar-refractivity contribution in [1.29, 1.82) is 0 Å². The Hall–Kier alpha value is -2.22. The molecule has 0 radical (unpaired) electrons. The van der Waals surface area contributed by atoms with Crippen molar-refractivity contribution >= 4 is 23.5 Å². The molecule has 8 heteroatoms. The number of ether oxygens (including phenoxy) is 1. The number of nitrogens with zero attached hydrogens (tertiary/aromatic N) is 1. The van der Waals surface area contributed by atoms with E-state index in [9.17, 15) is 9.59 Å². The first kappa shape index (κ1) is 14.2. The van der Waals surface area contributed by atoms with Gasteiger partial charge in [0.05, 0.1) is 12.4 Å². The van der Waals surface area contributed by atoms with Gasteiger partial charge in [-0.25, -0.2) is 9.78 Å². The molecule has 0 bridgehead atoms. The minimum absolute atomic E-state index is 0.150. The molecular formula is C12H13N3O4S. The van der Waals surface area contributed by atoms with E-state index in [0.717, 1.165) is 0 Å². The van der Waals surface area contributed by atoms with E-state index in [1.807, 2.05) is 0 Å². The van der Waals surface area contributed by atoms with Crippen molar-refractivity contribution in [2.45, 2.75) is 17.8 Å². The van der Waals surface area contributed by atoms with E-state index in [-0.39, 0.29) is 23.7 Å². The van der Waals surface area contributed by atoms with Crippen molar-refractivity contribution in [2.75, 3.05) is 12.3 Å². The van der Waals surface area contributed by atoms with Crippen LogP contribution in [0.15, 0.2) is 32.6 Å². The Morgan fingerprint density at radius 2 is 2.35 bits per heavy atom. The van der Waals surface area contributed by atoms with E-state index in [2.05, 4.69) is 9.97 Å². The number of nitrogens with two attached hydrogens (primary N) is 1. The molecule has 3 N–H and O–H groups in total. The second-order valence-electron chi connectivity index (χ2n) is 3.75. The molecule has 106 valence electrons. The van der Waals surface area contributed by atoms with Gasteiger partial charge in [0.25, 0.3) is 5.56 Å². The fourth-order valence-corrected chi connectivity index (χ4v) is 2.21. The van der Waals surface area contributed by atoms with Gasteiger partial charge in [-0.15, -0.1) is 0 Å². The number of H-pyrrole nitrogens is 1.